The Hall–Kier alpha value is -2.04. The lowest BCUT2D eigenvalue weighted by Gasteiger charge is -2.21. The first-order valence-electron chi connectivity index (χ1n) is 9.45. The molecule has 2 atom stereocenters. The predicted molar refractivity (Wildman–Crippen MR) is 98.7 cm³/mol. The fourth-order valence-corrected chi connectivity index (χ4v) is 3.49. The van der Waals surface area contributed by atoms with Crippen LogP contribution in [-0.2, 0) is 4.79 Å². The Morgan fingerprint density at radius 1 is 1.20 bits per heavy atom. The van der Waals surface area contributed by atoms with E-state index in [1.807, 2.05) is 13.0 Å². The van der Waals surface area contributed by atoms with Gasteiger partial charge in [0.25, 0.3) is 5.91 Å². The summed E-state index contributed by atoms with van der Waals surface area (Å²) in [6.45, 7) is 4.55. The van der Waals surface area contributed by atoms with Crippen LogP contribution in [0.2, 0.25) is 0 Å². The van der Waals surface area contributed by atoms with Crippen molar-refractivity contribution in [3.8, 4) is 5.75 Å². The maximum Gasteiger partial charge on any atom is 0.255 e. The number of carbonyl (C=O) groups excluding carboxylic acids is 2. The third-order valence-corrected chi connectivity index (χ3v) is 4.77. The van der Waals surface area contributed by atoms with Crippen molar-refractivity contribution in [3.63, 3.8) is 0 Å². The number of ether oxygens (including phenoxy) is 1. The molecule has 2 unspecified atom stereocenters. The van der Waals surface area contributed by atoms with Crippen LogP contribution in [-0.4, -0.2) is 31.0 Å². The van der Waals surface area contributed by atoms with E-state index in [0.717, 1.165) is 6.42 Å². The molecule has 1 aromatic carbocycles. The monoisotopic (exact) mass is 346 g/mol. The second-order valence-electron chi connectivity index (χ2n) is 6.62. The Morgan fingerprint density at radius 2 is 2.00 bits per heavy atom. The summed E-state index contributed by atoms with van der Waals surface area (Å²) in [5.74, 6) is 0.723. The van der Waals surface area contributed by atoms with Crippen molar-refractivity contribution in [1.29, 1.82) is 0 Å². The summed E-state index contributed by atoms with van der Waals surface area (Å²) in [6, 6.07) is 7.33. The molecular weight excluding hydrogens is 316 g/mol. The van der Waals surface area contributed by atoms with Crippen LogP contribution in [0.5, 0.6) is 5.75 Å². The fraction of sp³-hybridized carbons (Fsp3) is 0.600. The van der Waals surface area contributed by atoms with E-state index in [9.17, 15) is 9.59 Å². The lowest BCUT2D eigenvalue weighted by Crippen LogP contribution is -2.43. The summed E-state index contributed by atoms with van der Waals surface area (Å²) in [6.07, 6.45) is 6.98. The van der Waals surface area contributed by atoms with Crippen molar-refractivity contribution in [2.75, 3.05) is 13.2 Å². The van der Waals surface area contributed by atoms with E-state index in [0.29, 0.717) is 23.8 Å². The number of para-hydroxylation sites is 1. The van der Waals surface area contributed by atoms with Crippen LogP contribution in [0.25, 0.3) is 0 Å². The van der Waals surface area contributed by atoms with E-state index in [-0.39, 0.29) is 24.4 Å². The third kappa shape index (κ3) is 5.76. The Balaban J connectivity index is 1.82. The highest BCUT2D eigenvalue weighted by atomic mass is 16.5. The Labute approximate surface area is 150 Å². The van der Waals surface area contributed by atoms with Gasteiger partial charge in [-0.05, 0) is 44.2 Å². The first-order valence-corrected chi connectivity index (χ1v) is 9.45. The molecule has 2 rings (SSSR count). The average molecular weight is 346 g/mol. The lowest BCUT2D eigenvalue weighted by molar-refractivity contribution is -0.121. The second-order valence-corrected chi connectivity index (χ2v) is 6.62. The topological polar surface area (TPSA) is 67.4 Å². The second kappa shape index (κ2) is 10.1. The predicted octanol–water partition coefficient (Wildman–Crippen LogP) is 3.29. The molecule has 0 radical (unpaired) electrons. The maximum atomic E-state index is 12.3. The number of rotatable bonds is 9. The molecule has 1 aliphatic carbocycles. The van der Waals surface area contributed by atoms with Crippen LogP contribution in [0.1, 0.15) is 62.7 Å². The molecule has 0 aliphatic heterocycles. The first-order chi connectivity index (χ1) is 12.2. The van der Waals surface area contributed by atoms with Crippen LogP contribution in [0.3, 0.4) is 0 Å². The van der Waals surface area contributed by atoms with Gasteiger partial charge in [0.1, 0.15) is 5.75 Å². The maximum absolute atomic E-state index is 12.3. The zero-order chi connectivity index (χ0) is 18.1. The van der Waals surface area contributed by atoms with Crippen molar-refractivity contribution in [1.82, 2.24) is 10.6 Å². The molecular formula is C20H30N2O3. The highest BCUT2D eigenvalue weighted by Crippen LogP contribution is 2.29. The zero-order valence-electron chi connectivity index (χ0n) is 15.3. The minimum absolute atomic E-state index is 0.00368. The molecule has 2 amide bonds. The van der Waals surface area contributed by atoms with Gasteiger partial charge in [0, 0.05) is 6.04 Å². The molecule has 5 heteroatoms. The van der Waals surface area contributed by atoms with E-state index in [1.54, 1.807) is 18.2 Å². The standard InChI is InChI=1S/C20H30N2O3/c1-3-5-9-15-10-8-12-17(15)22-19(23)14-21-20(24)16-11-6-7-13-18(16)25-4-2/h6-7,11,13,15,17H,3-5,8-10,12,14H2,1-2H3,(H,21,24)(H,22,23). The van der Waals surface area contributed by atoms with Gasteiger partial charge in [-0.2, -0.15) is 0 Å². The van der Waals surface area contributed by atoms with Gasteiger partial charge in [-0.25, -0.2) is 0 Å². The average Bonchev–Trinajstić information content (AvgIpc) is 3.05. The third-order valence-electron chi connectivity index (χ3n) is 4.77. The normalized spacial score (nSPS) is 19.4. The van der Waals surface area contributed by atoms with E-state index in [1.165, 1.54) is 32.1 Å². The summed E-state index contributed by atoms with van der Waals surface area (Å²) >= 11 is 0. The van der Waals surface area contributed by atoms with E-state index in [2.05, 4.69) is 17.6 Å². The van der Waals surface area contributed by atoms with Gasteiger partial charge in [0.05, 0.1) is 18.7 Å². The van der Waals surface area contributed by atoms with Crippen LogP contribution < -0.4 is 15.4 Å². The minimum atomic E-state index is -0.284. The number of hydrogen-bond donors (Lipinski definition) is 2. The molecule has 1 aliphatic rings. The number of benzene rings is 1. The van der Waals surface area contributed by atoms with E-state index >= 15 is 0 Å². The van der Waals surface area contributed by atoms with Gasteiger partial charge < -0.3 is 15.4 Å². The summed E-state index contributed by atoms with van der Waals surface area (Å²) < 4.78 is 5.46. The number of hydrogen-bond acceptors (Lipinski definition) is 3. The molecule has 0 aromatic heterocycles. The van der Waals surface area contributed by atoms with Crippen LogP contribution in [0.15, 0.2) is 24.3 Å². The molecule has 0 heterocycles. The number of nitrogens with one attached hydrogen (secondary N) is 2. The molecule has 2 N–H and O–H groups in total. The first kappa shape index (κ1) is 19.3. The lowest BCUT2D eigenvalue weighted by atomic mass is 9.97. The largest absolute Gasteiger partial charge is 0.493 e. The summed E-state index contributed by atoms with van der Waals surface area (Å²) in [7, 11) is 0. The van der Waals surface area contributed by atoms with Gasteiger partial charge in [-0.1, -0.05) is 38.3 Å². The van der Waals surface area contributed by atoms with Gasteiger partial charge in [-0.3, -0.25) is 9.59 Å². The number of amides is 2. The Morgan fingerprint density at radius 3 is 2.76 bits per heavy atom. The van der Waals surface area contributed by atoms with Crippen molar-refractivity contribution in [2.45, 2.75) is 58.4 Å². The summed E-state index contributed by atoms with van der Waals surface area (Å²) in [4.78, 5) is 24.5. The summed E-state index contributed by atoms with van der Waals surface area (Å²) in [5, 5.41) is 5.80. The molecule has 1 fully saturated rings. The van der Waals surface area contributed by atoms with Crippen LogP contribution in [0, 0.1) is 5.92 Å². The minimum Gasteiger partial charge on any atom is -0.493 e. The highest BCUT2D eigenvalue weighted by molar-refractivity contribution is 5.98. The quantitative estimate of drug-likeness (QED) is 0.721. The summed E-state index contributed by atoms with van der Waals surface area (Å²) in [5.41, 5.74) is 0.457. The molecule has 138 valence electrons. The van der Waals surface area contributed by atoms with Gasteiger partial charge >= 0.3 is 0 Å². The van der Waals surface area contributed by atoms with Gasteiger partial charge in [-0.15, -0.1) is 0 Å². The van der Waals surface area contributed by atoms with Gasteiger partial charge in [0.15, 0.2) is 0 Å². The van der Waals surface area contributed by atoms with Gasteiger partial charge in [0.2, 0.25) is 5.91 Å². The van der Waals surface area contributed by atoms with Crippen LogP contribution in [0.4, 0.5) is 0 Å². The Bertz CT molecular complexity index is 574. The van der Waals surface area contributed by atoms with E-state index < -0.39 is 0 Å². The fourth-order valence-electron chi connectivity index (χ4n) is 3.49. The van der Waals surface area contributed by atoms with Crippen LogP contribution >= 0.6 is 0 Å². The molecule has 25 heavy (non-hydrogen) atoms. The zero-order valence-corrected chi connectivity index (χ0v) is 15.3. The SMILES string of the molecule is CCCCC1CCCC1NC(=O)CNC(=O)c1ccccc1OCC. The van der Waals surface area contributed by atoms with Crippen molar-refractivity contribution >= 4 is 11.8 Å². The molecule has 0 spiro atoms. The van der Waals surface area contributed by atoms with Crippen molar-refractivity contribution < 1.29 is 14.3 Å². The molecule has 0 saturated heterocycles. The van der Waals surface area contributed by atoms with Crippen molar-refractivity contribution in [2.24, 2.45) is 5.92 Å². The van der Waals surface area contributed by atoms with E-state index in [4.69, 9.17) is 4.74 Å². The molecule has 1 aromatic rings. The molecule has 0 bridgehead atoms. The molecule has 5 nitrogen and oxygen atoms in total. The molecule has 1 saturated carbocycles. The van der Waals surface area contributed by atoms with Crippen molar-refractivity contribution in [3.05, 3.63) is 29.8 Å². The highest BCUT2D eigenvalue weighted by Gasteiger charge is 2.27. The Kier molecular flexibility index (Phi) is 7.76. The smallest absolute Gasteiger partial charge is 0.255 e. The number of carbonyl (C=O) groups is 2. The number of unbranched alkanes of at least 4 members (excludes halogenated alkanes) is 1.